The summed E-state index contributed by atoms with van der Waals surface area (Å²) in [6.07, 6.45) is 0.159. The molecule has 1 amide bonds. The van der Waals surface area contributed by atoms with Gasteiger partial charge in [-0.1, -0.05) is 76.1 Å². The minimum Gasteiger partial charge on any atom is -0.481 e. The molecule has 1 aliphatic heterocycles. The maximum absolute atomic E-state index is 13.2. The van der Waals surface area contributed by atoms with Gasteiger partial charge in [0, 0.05) is 39.5 Å². The number of hydrazone groups is 1. The number of hydrogen-bond acceptors (Lipinski definition) is 4. The fourth-order valence-electron chi connectivity index (χ4n) is 4.88. The van der Waals surface area contributed by atoms with Gasteiger partial charge in [-0.25, -0.2) is 5.01 Å². The highest BCUT2D eigenvalue weighted by Gasteiger charge is 2.35. The largest absolute Gasteiger partial charge is 0.481 e. The zero-order valence-corrected chi connectivity index (χ0v) is 22.2. The molecule has 1 atom stereocenters. The number of fused-ring (bicyclic) bond motifs is 1. The molecule has 0 radical (unpaired) electrons. The molecule has 1 aromatic heterocycles. The normalized spacial score (nSPS) is 15.2. The topological polar surface area (TPSA) is 82.9 Å². The number of aryl methyl sites for hydroxylation is 2. The van der Waals surface area contributed by atoms with Crippen LogP contribution in [0.25, 0.3) is 22.0 Å². The second kappa shape index (κ2) is 10.3. The Morgan fingerprint density at radius 1 is 0.973 bits per heavy atom. The Morgan fingerprint density at radius 3 is 2.41 bits per heavy atom. The lowest BCUT2D eigenvalue weighted by Crippen LogP contribution is -2.27. The average molecular weight is 556 g/mol. The lowest BCUT2D eigenvalue weighted by molar-refractivity contribution is -0.141. The Kier molecular flexibility index (Phi) is 6.89. The van der Waals surface area contributed by atoms with Gasteiger partial charge in [-0.2, -0.15) is 5.10 Å². The van der Waals surface area contributed by atoms with E-state index in [0.717, 1.165) is 54.6 Å². The van der Waals surface area contributed by atoms with E-state index in [1.807, 2.05) is 68.4 Å². The predicted octanol–water partition coefficient (Wildman–Crippen LogP) is 6.82. The summed E-state index contributed by atoms with van der Waals surface area (Å²) in [5, 5.41) is 16.5. The minimum absolute atomic E-state index is 0.109. The Hall–Kier alpha value is -3.84. The molecule has 7 heteroatoms. The first-order chi connectivity index (χ1) is 17.8. The molecule has 37 heavy (non-hydrogen) atoms. The second-order valence-corrected chi connectivity index (χ2v) is 10.2. The molecule has 0 unspecified atom stereocenters. The third-order valence-corrected chi connectivity index (χ3v) is 7.15. The van der Waals surface area contributed by atoms with Crippen LogP contribution in [0.2, 0.25) is 0 Å². The summed E-state index contributed by atoms with van der Waals surface area (Å²) >= 11 is 3.61. The average Bonchev–Trinajstić information content (AvgIpc) is 3.32. The quantitative estimate of drug-likeness (QED) is 0.283. The molecule has 6 nitrogen and oxygen atoms in total. The molecule has 0 aliphatic carbocycles. The lowest BCUT2D eigenvalue weighted by Gasteiger charge is -2.22. The fourth-order valence-corrected chi connectivity index (χ4v) is 5.24. The first-order valence-corrected chi connectivity index (χ1v) is 12.9. The third kappa shape index (κ3) is 5.04. The van der Waals surface area contributed by atoms with E-state index in [9.17, 15) is 9.59 Å². The number of amides is 1. The van der Waals surface area contributed by atoms with Crippen molar-refractivity contribution < 1.29 is 14.7 Å². The van der Waals surface area contributed by atoms with E-state index < -0.39 is 5.97 Å². The first-order valence-electron chi connectivity index (χ1n) is 12.2. The number of carboxylic acid groups (broad SMARTS) is 1. The van der Waals surface area contributed by atoms with E-state index in [4.69, 9.17) is 15.2 Å². The van der Waals surface area contributed by atoms with Gasteiger partial charge < -0.3 is 5.11 Å². The van der Waals surface area contributed by atoms with Crippen LogP contribution in [0.5, 0.6) is 0 Å². The number of hydrogen-bond donors (Lipinski definition) is 1. The molecule has 4 aromatic rings. The monoisotopic (exact) mass is 555 g/mol. The molecular weight excluding hydrogens is 530 g/mol. The van der Waals surface area contributed by atoms with Crippen molar-refractivity contribution in [2.75, 3.05) is 0 Å². The maximum Gasteiger partial charge on any atom is 0.303 e. The summed E-state index contributed by atoms with van der Waals surface area (Å²) in [5.74, 6) is -1.31. The molecule has 1 aliphatic rings. The van der Waals surface area contributed by atoms with Gasteiger partial charge in [0.05, 0.1) is 23.7 Å². The highest BCUT2D eigenvalue weighted by molar-refractivity contribution is 9.10. The minimum atomic E-state index is -1.00. The number of carbonyl (C=O) groups excluding carboxylic acids is 1. The van der Waals surface area contributed by atoms with Crippen molar-refractivity contribution in [1.82, 2.24) is 9.99 Å². The van der Waals surface area contributed by atoms with Crippen LogP contribution in [-0.4, -0.2) is 32.7 Å². The summed E-state index contributed by atoms with van der Waals surface area (Å²) in [6.45, 7) is 3.99. The van der Waals surface area contributed by atoms with E-state index in [-0.39, 0.29) is 24.8 Å². The zero-order chi connectivity index (χ0) is 26.1. The number of carbonyl (C=O) groups is 2. The molecule has 2 heterocycles. The van der Waals surface area contributed by atoms with Gasteiger partial charge in [-0.3, -0.25) is 14.6 Å². The number of halogens is 1. The highest BCUT2D eigenvalue weighted by atomic mass is 79.9. The van der Waals surface area contributed by atoms with Crippen LogP contribution in [0.3, 0.4) is 0 Å². The van der Waals surface area contributed by atoms with Crippen LogP contribution in [-0.2, 0) is 9.59 Å². The Morgan fingerprint density at radius 2 is 1.70 bits per heavy atom. The van der Waals surface area contributed by atoms with E-state index in [2.05, 4.69) is 34.1 Å². The van der Waals surface area contributed by atoms with Crippen molar-refractivity contribution in [3.63, 3.8) is 0 Å². The van der Waals surface area contributed by atoms with Crippen LogP contribution in [0.15, 0.2) is 82.4 Å². The van der Waals surface area contributed by atoms with Gasteiger partial charge in [0.15, 0.2) is 0 Å². The summed E-state index contributed by atoms with van der Waals surface area (Å²) in [7, 11) is 0. The number of carboxylic acids is 1. The number of rotatable bonds is 6. The van der Waals surface area contributed by atoms with Crippen LogP contribution in [0.1, 0.15) is 47.7 Å². The van der Waals surface area contributed by atoms with Crippen molar-refractivity contribution in [2.24, 2.45) is 5.10 Å². The first kappa shape index (κ1) is 24.8. The van der Waals surface area contributed by atoms with Crippen molar-refractivity contribution in [3.05, 3.63) is 99.7 Å². The number of benzene rings is 3. The molecule has 5 rings (SSSR count). The number of aliphatic carboxylic acids is 1. The number of aromatic nitrogens is 1. The Labute approximate surface area is 223 Å². The van der Waals surface area contributed by atoms with Crippen molar-refractivity contribution in [2.45, 2.75) is 39.2 Å². The van der Waals surface area contributed by atoms with E-state index in [1.165, 1.54) is 5.01 Å². The molecule has 1 N–H and O–H groups in total. The van der Waals surface area contributed by atoms with Gasteiger partial charge >= 0.3 is 5.97 Å². The molecule has 0 saturated carbocycles. The van der Waals surface area contributed by atoms with Crippen molar-refractivity contribution in [1.29, 1.82) is 0 Å². The summed E-state index contributed by atoms with van der Waals surface area (Å²) < 4.78 is 0.949. The summed E-state index contributed by atoms with van der Waals surface area (Å²) in [5.41, 5.74) is 7.52. The molecule has 186 valence electrons. The lowest BCUT2D eigenvalue weighted by atomic mass is 9.89. The van der Waals surface area contributed by atoms with E-state index >= 15 is 0 Å². The number of pyridine rings is 1. The van der Waals surface area contributed by atoms with Gasteiger partial charge in [0.2, 0.25) is 5.91 Å². The van der Waals surface area contributed by atoms with Crippen LogP contribution >= 0.6 is 15.9 Å². The van der Waals surface area contributed by atoms with Crippen molar-refractivity contribution >= 4 is 44.4 Å². The van der Waals surface area contributed by atoms with Gasteiger partial charge in [-0.05, 0) is 43.2 Å². The second-order valence-electron chi connectivity index (χ2n) is 9.28. The standard InChI is InChI=1S/C30H26BrN3O3/c1-18-8-10-20(11-9-18)26-17-25(33-34(26)27(35)14-15-28(36)37)29-19(2)32-24-13-12-22(31)16-23(24)30(29)21-6-4-3-5-7-21/h3-13,16,26H,14-15,17H2,1-2H3,(H,36,37)/t26-/m0/s1. The zero-order valence-electron chi connectivity index (χ0n) is 20.6. The molecular formula is C30H26BrN3O3. The smallest absolute Gasteiger partial charge is 0.303 e. The Bertz CT molecular complexity index is 1530. The van der Waals surface area contributed by atoms with Gasteiger partial charge in [0.25, 0.3) is 0 Å². The predicted molar refractivity (Wildman–Crippen MR) is 148 cm³/mol. The van der Waals surface area contributed by atoms with Gasteiger partial charge in [-0.15, -0.1) is 0 Å². The van der Waals surface area contributed by atoms with Crippen LogP contribution < -0.4 is 0 Å². The van der Waals surface area contributed by atoms with E-state index in [1.54, 1.807) is 0 Å². The molecule has 0 fully saturated rings. The molecule has 3 aromatic carbocycles. The van der Waals surface area contributed by atoms with Gasteiger partial charge in [0.1, 0.15) is 0 Å². The Balaban J connectivity index is 1.69. The molecule has 0 bridgehead atoms. The van der Waals surface area contributed by atoms with Crippen molar-refractivity contribution in [3.8, 4) is 11.1 Å². The molecule has 0 spiro atoms. The molecule has 0 saturated heterocycles. The number of nitrogens with zero attached hydrogens (tertiary/aromatic N) is 3. The SMILES string of the molecule is Cc1ccc([C@@H]2CC(c3c(C)nc4ccc(Br)cc4c3-c3ccccc3)=NN2C(=O)CCC(=O)O)cc1. The third-order valence-electron chi connectivity index (χ3n) is 6.66. The highest BCUT2D eigenvalue weighted by Crippen LogP contribution is 2.40. The fraction of sp³-hybridized carbons (Fsp3) is 0.200. The summed E-state index contributed by atoms with van der Waals surface area (Å²) in [6, 6.07) is 23.9. The van der Waals surface area contributed by atoms with Crippen LogP contribution in [0.4, 0.5) is 0 Å². The summed E-state index contributed by atoms with van der Waals surface area (Å²) in [4.78, 5) is 29.3. The van der Waals surface area contributed by atoms with Crippen LogP contribution in [0, 0.1) is 13.8 Å². The van der Waals surface area contributed by atoms with E-state index in [0.29, 0.717) is 6.42 Å². The maximum atomic E-state index is 13.2.